The van der Waals surface area contributed by atoms with Gasteiger partial charge in [-0.25, -0.2) is 4.79 Å². The summed E-state index contributed by atoms with van der Waals surface area (Å²) in [6.45, 7) is 5.10. The van der Waals surface area contributed by atoms with Crippen molar-refractivity contribution in [2.75, 3.05) is 0 Å². The van der Waals surface area contributed by atoms with E-state index in [4.69, 9.17) is 9.15 Å². The van der Waals surface area contributed by atoms with E-state index >= 15 is 0 Å². The summed E-state index contributed by atoms with van der Waals surface area (Å²) in [7, 11) is 0. The Hall–Kier alpha value is -3.81. The van der Waals surface area contributed by atoms with E-state index in [0.717, 1.165) is 10.5 Å². The van der Waals surface area contributed by atoms with Crippen LogP contribution in [0.1, 0.15) is 53.5 Å². The Morgan fingerprint density at radius 3 is 2.06 bits per heavy atom. The van der Waals surface area contributed by atoms with Crippen LogP contribution < -0.4 is 0 Å². The lowest BCUT2D eigenvalue weighted by atomic mass is 10.0. The first kappa shape index (κ1) is 20.5. The molecule has 1 aromatic heterocycles. The van der Waals surface area contributed by atoms with Gasteiger partial charge in [0, 0.05) is 5.56 Å². The van der Waals surface area contributed by atoms with Gasteiger partial charge in [0.15, 0.2) is 6.10 Å². The van der Waals surface area contributed by atoms with Crippen molar-refractivity contribution >= 4 is 17.8 Å². The third-order valence-corrected chi connectivity index (χ3v) is 5.08. The third kappa shape index (κ3) is 3.72. The lowest BCUT2D eigenvalue weighted by Crippen LogP contribution is -2.48. The third-order valence-electron chi connectivity index (χ3n) is 5.08. The average Bonchev–Trinajstić information content (AvgIpc) is 3.35. The van der Waals surface area contributed by atoms with Crippen LogP contribution in [0.4, 0.5) is 0 Å². The maximum absolute atomic E-state index is 13.0. The zero-order chi connectivity index (χ0) is 22.1. The molecule has 0 saturated carbocycles. The van der Waals surface area contributed by atoms with E-state index in [1.165, 1.54) is 0 Å². The van der Waals surface area contributed by atoms with Gasteiger partial charge in [-0.1, -0.05) is 44.2 Å². The van der Waals surface area contributed by atoms with Crippen LogP contribution in [0.15, 0.2) is 59.0 Å². The Kier molecular flexibility index (Phi) is 5.37. The molecule has 2 amide bonds. The molecule has 0 bridgehead atoms. The van der Waals surface area contributed by atoms with Crippen LogP contribution in [0.25, 0.3) is 11.5 Å². The number of hydrogen-bond donors (Lipinski definition) is 0. The number of esters is 1. The molecule has 0 radical (unpaired) electrons. The van der Waals surface area contributed by atoms with E-state index in [9.17, 15) is 14.4 Å². The summed E-state index contributed by atoms with van der Waals surface area (Å²) >= 11 is 0. The summed E-state index contributed by atoms with van der Waals surface area (Å²) in [5, 5.41) is 7.97. The quantitative estimate of drug-likeness (QED) is 0.444. The molecule has 158 valence electrons. The summed E-state index contributed by atoms with van der Waals surface area (Å²) in [5.74, 6) is -1.65. The van der Waals surface area contributed by atoms with Gasteiger partial charge in [-0.15, -0.1) is 10.2 Å². The van der Waals surface area contributed by atoms with Crippen LogP contribution in [-0.4, -0.2) is 38.9 Å². The largest absolute Gasteiger partial charge is 0.451 e. The predicted molar refractivity (Wildman–Crippen MR) is 110 cm³/mol. The minimum atomic E-state index is -1.08. The fourth-order valence-corrected chi connectivity index (χ4v) is 3.53. The Balaban J connectivity index is 1.53. The second kappa shape index (κ2) is 8.14. The van der Waals surface area contributed by atoms with Crippen molar-refractivity contribution in [3.63, 3.8) is 0 Å². The molecule has 8 heteroatoms. The van der Waals surface area contributed by atoms with Gasteiger partial charge in [-0.05, 0) is 37.1 Å². The minimum Gasteiger partial charge on any atom is -0.451 e. The molecule has 0 unspecified atom stereocenters. The van der Waals surface area contributed by atoms with E-state index in [1.807, 2.05) is 30.3 Å². The van der Waals surface area contributed by atoms with Gasteiger partial charge in [0.2, 0.25) is 5.89 Å². The van der Waals surface area contributed by atoms with E-state index < -0.39 is 29.9 Å². The average molecular weight is 419 g/mol. The topological polar surface area (TPSA) is 103 Å². The number of aromatic nitrogens is 2. The normalized spacial score (nSPS) is 15.2. The maximum Gasteiger partial charge on any atom is 0.330 e. The highest BCUT2D eigenvalue weighted by atomic mass is 16.6. The van der Waals surface area contributed by atoms with Crippen molar-refractivity contribution in [2.45, 2.75) is 32.9 Å². The van der Waals surface area contributed by atoms with E-state index in [1.54, 1.807) is 45.0 Å². The number of ether oxygens (including phenoxy) is 1. The predicted octanol–water partition coefficient (Wildman–Crippen LogP) is 3.66. The highest BCUT2D eigenvalue weighted by Crippen LogP contribution is 2.29. The fourth-order valence-electron chi connectivity index (χ4n) is 3.53. The summed E-state index contributed by atoms with van der Waals surface area (Å²) in [6.07, 6.45) is -0.853. The fraction of sp³-hybridized carbons (Fsp3) is 0.261. The van der Waals surface area contributed by atoms with Crippen LogP contribution in [0.3, 0.4) is 0 Å². The number of rotatable bonds is 6. The molecule has 8 nitrogen and oxygen atoms in total. The minimum absolute atomic E-state index is 0.122. The van der Waals surface area contributed by atoms with Gasteiger partial charge in [0.1, 0.15) is 6.04 Å². The molecule has 2 aromatic carbocycles. The molecule has 2 atom stereocenters. The van der Waals surface area contributed by atoms with Crippen LogP contribution in [-0.2, 0) is 9.53 Å². The second-order valence-electron chi connectivity index (χ2n) is 7.61. The Labute approximate surface area is 178 Å². The van der Waals surface area contributed by atoms with E-state index in [2.05, 4.69) is 10.2 Å². The maximum atomic E-state index is 13.0. The molecule has 0 fully saturated rings. The van der Waals surface area contributed by atoms with Crippen LogP contribution >= 0.6 is 0 Å². The zero-order valence-electron chi connectivity index (χ0n) is 17.3. The van der Waals surface area contributed by atoms with Crippen LogP contribution in [0, 0.1) is 5.92 Å². The first-order chi connectivity index (χ1) is 14.9. The highest BCUT2D eigenvalue weighted by Gasteiger charge is 2.45. The number of fused-ring (bicyclic) bond motifs is 1. The van der Waals surface area contributed by atoms with Crippen molar-refractivity contribution in [3.05, 3.63) is 71.6 Å². The summed E-state index contributed by atoms with van der Waals surface area (Å²) < 4.78 is 11.2. The number of amides is 2. The highest BCUT2D eigenvalue weighted by molar-refractivity contribution is 6.22. The first-order valence-corrected chi connectivity index (χ1v) is 9.94. The number of carbonyl (C=O) groups excluding carboxylic acids is 3. The molecular weight excluding hydrogens is 398 g/mol. The number of hydrogen-bond acceptors (Lipinski definition) is 7. The molecule has 1 aliphatic rings. The summed E-state index contributed by atoms with van der Waals surface area (Å²) in [6, 6.07) is 14.6. The van der Waals surface area contributed by atoms with Gasteiger partial charge in [-0.3, -0.25) is 14.5 Å². The molecule has 3 aromatic rings. The van der Waals surface area contributed by atoms with Crippen molar-refractivity contribution < 1.29 is 23.5 Å². The van der Waals surface area contributed by atoms with Gasteiger partial charge in [0.25, 0.3) is 17.7 Å². The molecular formula is C23H21N3O5. The molecule has 0 spiro atoms. The van der Waals surface area contributed by atoms with Gasteiger partial charge < -0.3 is 9.15 Å². The Morgan fingerprint density at radius 1 is 0.903 bits per heavy atom. The van der Waals surface area contributed by atoms with Crippen LogP contribution in [0.5, 0.6) is 0 Å². The molecule has 31 heavy (non-hydrogen) atoms. The summed E-state index contributed by atoms with van der Waals surface area (Å²) in [4.78, 5) is 39.7. The van der Waals surface area contributed by atoms with Crippen molar-refractivity contribution in [1.29, 1.82) is 0 Å². The first-order valence-electron chi connectivity index (χ1n) is 9.94. The molecule has 2 heterocycles. The molecule has 0 N–H and O–H groups in total. The standard InChI is InChI=1S/C23H21N3O5/c1-13(2)18(26-21(27)16-11-7-8-12-17(16)22(26)28)23(29)30-14(3)19-24-25-20(31-19)15-9-5-4-6-10-15/h4-14,18H,1-3H3/t14-,18-/m0/s1. The smallest absolute Gasteiger partial charge is 0.330 e. The summed E-state index contributed by atoms with van der Waals surface area (Å²) in [5.41, 5.74) is 1.30. The lowest BCUT2D eigenvalue weighted by Gasteiger charge is -2.28. The monoisotopic (exact) mass is 419 g/mol. The number of nitrogens with zero attached hydrogens (tertiary/aromatic N) is 3. The molecule has 0 aliphatic carbocycles. The molecule has 4 rings (SSSR count). The van der Waals surface area contributed by atoms with Gasteiger partial charge in [0.05, 0.1) is 11.1 Å². The Morgan fingerprint density at radius 2 is 1.48 bits per heavy atom. The number of benzene rings is 2. The second-order valence-corrected chi connectivity index (χ2v) is 7.61. The molecule has 0 saturated heterocycles. The lowest BCUT2D eigenvalue weighted by molar-refractivity contribution is -0.156. The Bertz CT molecular complexity index is 1100. The van der Waals surface area contributed by atoms with Crippen molar-refractivity contribution in [1.82, 2.24) is 15.1 Å². The number of imide groups is 1. The van der Waals surface area contributed by atoms with Crippen molar-refractivity contribution in [3.8, 4) is 11.5 Å². The number of carbonyl (C=O) groups is 3. The van der Waals surface area contributed by atoms with E-state index in [-0.39, 0.29) is 22.9 Å². The molecule has 1 aliphatic heterocycles. The SMILES string of the molecule is CC(C)[C@@H](C(=O)O[C@@H](C)c1nnc(-c2ccccc2)o1)N1C(=O)c2ccccc2C1=O. The van der Waals surface area contributed by atoms with E-state index in [0.29, 0.717) is 5.89 Å². The van der Waals surface area contributed by atoms with Gasteiger partial charge >= 0.3 is 5.97 Å². The van der Waals surface area contributed by atoms with Crippen molar-refractivity contribution in [2.24, 2.45) is 5.92 Å². The van der Waals surface area contributed by atoms with Crippen LogP contribution in [0.2, 0.25) is 0 Å². The zero-order valence-corrected chi connectivity index (χ0v) is 17.3. The van der Waals surface area contributed by atoms with Gasteiger partial charge in [-0.2, -0.15) is 0 Å².